The zero-order valence-electron chi connectivity index (χ0n) is 20.6. The first-order valence-electron chi connectivity index (χ1n) is 12.9. The van der Waals surface area contributed by atoms with Crippen molar-refractivity contribution in [2.45, 2.75) is 49.9 Å². The summed E-state index contributed by atoms with van der Waals surface area (Å²) in [6.07, 6.45) is -1.08. The summed E-state index contributed by atoms with van der Waals surface area (Å²) < 4.78 is 37.6. The van der Waals surface area contributed by atoms with Gasteiger partial charge in [-0.05, 0) is 50.2 Å². The molecule has 3 N–H and O–H groups in total. The molecule has 1 aliphatic carbocycles. The van der Waals surface area contributed by atoms with Gasteiger partial charge in [0, 0.05) is 37.3 Å². The number of hydrogen-bond acceptors (Lipinski definition) is 6. The Hall–Kier alpha value is -2.86. The van der Waals surface area contributed by atoms with Crippen molar-refractivity contribution < 1.29 is 27.6 Å². The molecular weight excluding hydrogens is 489 g/mol. The van der Waals surface area contributed by atoms with Crippen LogP contribution in [0.25, 0.3) is 0 Å². The minimum absolute atomic E-state index is 0.0182. The second-order valence-corrected chi connectivity index (χ2v) is 10.6. The maximum Gasteiger partial charge on any atom is 0.405 e. The topological polar surface area (TPSA) is 97.0 Å². The number of nitrogens with one attached hydrogen (secondary N) is 3. The highest BCUT2D eigenvalue weighted by Gasteiger charge is 2.54. The summed E-state index contributed by atoms with van der Waals surface area (Å²) in [6.45, 7) is -0.0820. The van der Waals surface area contributed by atoms with Gasteiger partial charge in [-0.1, -0.05) is 18.2 Å². The molecule has 1 saturated carbocycles. The largest absolute Gasteiger partial charge is 0.405 e. The van der Waals surface area contributed by atoms with Crippen molar-refractivity contribution in [3.05, 3.63) is 30.3 Å². The zero-order chi connectivity index (χ0) is 26.2. The van der Waals surface area contributed by atoms with E-state index in [0.717, 1.165) is 31.5 Å². The van der Waals surface area contributed by atoms with Crippen LogP contribution in [0.15, 0.2) is 30.3 Å². The second kappa shape index (κ2) is 10.1. The molecule has 0 radical (unpaired) electrons. The summed E-state index contributed by atoms with van der Waals surface area (Å²) in [5.41, 5.74) is 6.32. The Morgan fingerprint density at radius 1 is 1.11 bits per heavy atom. The van der Waals surface area contributed by atoms with Gasteiger partial charge in [0.1, 0.15) is 18.6 Å². The average molecular weight is 523 g/mol. The number of alkyl halides is 3. The Morgan fingerprint density at radius 2 is 1.84 bits per heavy atom. The quantitative estimate of drug-likeness (QED) is 0.539. The highest BCUT2D eigenvalue weighted by Crippen LogP contribution is 2.40. The van der Waals surface area contributed by atoms with Gasteiger partial charge in [-0.25, -0.2) is 0 Å². The van der Waals surface area contributed by atoms with Crippen LogP contribution in [0.3, 0.4) is 0 Å². The van der Waals surface area contributed by atoms with Gasteiger partial charge in [0.15, 0.2) is 0 Å². The number of halogens is 3. The number of amides is 3. The molecular formula is C25H33F3N6O3. The number of fused-ring (bicyclic) bond motifs is 1. The minimum atomic E-state index is -4.52. The van der Waals surface area contributed by atoms with E-state index < -0.39 is 30.7 Å². The first-order chi connectivity index (χ1) is 17.7. The van der Waals surface area contributed by atoms with Crippen molar-refractivity contribution in [1.29, 1.82) is 0 Å². The van der Waals surface area contributed by atoms with Gasteiger partial charge in [0.2, 0.25) is 11.8 Å². The fraction of sp³-hybridized carbons (Fsp3) is 0.640. The van der Waals surface area contributed by atoms with Crippen molar-refractivity contribution >= 4 is 23.4 Å². The zero-order valence-corrected chi connectivity index (χ0v) is 20.6. The lowest BCUT2D eigenvalue weighted by Crippen LogP contribution is -2.58. The first kappa shape index (κ1) is 25.8. The van der Waals surface area contributed by atoms with Crippen molar-refractivity contribution in [2.24, 2.45) is 11.8 Å². The number of rotatable bonds is 5. The maximum absolute atomic E-state index is 13.7. The number of hydrogen-bond donors (Lipinski definition) is 3. The van der Waals surface area contributed by atoms with E-state index in [4.69, 9.17) is 0 Å². The van der Waals surface area contributed by atoms with E-state index in [1.807, 2.05) is 45.4 Å². The third-order valence-corrected chi connectivity index (χ3v) is 8.29. The van der Waals surface area contributed by atoms with Gasteiger partial charge in [-0.15, -0.1) is 0 Å². The fourth-order valence-corrected chi connectivity index (χ4v) is 6.33. The van der Waals surface area contributed by atoms with E-state index >= 15 is 0 Å². The van der Waals surface area contributed by atoms with E-state index in [-0.39, 0.29) is 24.4 Å². The molecule has 202 valence electrons. The average Bonchev–Trinajstić information content (AvgIpc) is 3.46. The monoisotopic (exact) mass is 522 g/mol. The highest BCUT2D eigenvalue weighted by molar-refractivity contribution is 5.96. The van der Waals surface area contributed by atoms with E-state index in [1.54, 1.807) is 0 Å². The summed E-state index contributed by atoms with van der Waals surface area (Å²) >= 11 is 0. The lowest BCUT2D eigenvalue weighted by molar-refractivity contribution is -0.144. The molecule has 1 spiro atoms. The molecule has 3 aliphatic heterocycles. The molecule has 3 saturated heterocycles. The molecule has 1 aromatic rings. The lowest BCUT2D eigenvalue weighted by Gasteiger charge is -2.44. The van der Waals surface area contributed by atoms with Gasteiger partial charge < -0.3 is 20.0 Å². The van der Waals surface area contributed by atoms with Gasteiger partial charge in [0.05, 0.1) is 6.67 Å². The molecule has 0 bridgehead atoms. The van der Waals surface area contributed by atoms with Crippen LogP contribution in [0, 0.1) is 11.8 Å². The number of benzene rings is 1. The van der Waals surface area contributed by atoms with Gasteiger partial charge in [-0.2, -0.15) is 13.2 Å². The van der Waals surface area contributed by atoms with E-state index in [2.05, 4.69) is 10.9 Å². The Morgan fingerprint density at radius 3 is 2.54 bits per heavy atom. The number of carbonyl (C=O) groups excluding carboxylic acids is 3. The van der Waals surface area contributed by atoms with Crippen LogP contribution in [-0.2, 0) is 14.4 Å². The van der Waals surface area contributed by atoms with Crippen LogP contribution in [0.5, 0.6) is 0 Å². The van der Waals surface area contributed by atoms with Crippen LogP contribution in [-0.4, -0.2) is 84.7 Å². The Bertz CT molecular complexity index is 1010. The minimum Gasteiger partial charge on any atom is -0.345 e. The smallest absolute Gasteiger partial charge is 0.345 e. The number of hydrazine groups is 1. The van der Waals surface area contributed by atoms with Crippen LogP contribution >= 0.6 is 0 Å². The number of para-hydroxylation sites is 1. The first-order valence-corrected chi connectivity index (χ1v) is 12.9. The molecule has 12 heteroatoms. The number of likely N-dealkylation sites (tertiary alicyclic amines) is 1. The maximum atomic E-state index is 13.7. The lowest BCUT2D eigenvalue weighted by atomic mass is 9.77. The molecule has 3 atom stereocenters. The van der Waals surface area contributed by atoms with Crippen LogP contribution in [0.4, 0.5) is 18.9 Å². The van der Waals surface area contributed by atoms with E-state index in [0.29, 0.717) is 37.9 Å². The van der Waals surface area contributed by atoms with Crippen LogP contribution < -0.4 is 21.1 Å². The van der Waals surface area contributed by atoms with Gasteiger partial charge >= 0.3 is 6.18 Å². The molecule has 5 rings (SSSR count). The van der Waals surface area contributed by atoms with Gasteiger partial charge in [0.25, 0.3) is 5.91 Å². The van der Waals surface area contributed by atoms with Crippen molar-refractivity contribution in [3.8, 4) is 0 Å². The normalized spacial score (nSPS) is 27.5. The molecule has 9 nitrogen and oxygen atoms in total. The predicted octanol–water partition coefficient (Wildman–Crippen LogP) is 1.23. The molecule has 3 unspecified atom stereocenters. The predicted molar refractivity (Wildman–Crippen MR) is 129 cm³/mol. The highest BCUT2D eigenvalue weighted by atomic mass is 19.4. The number of anilines is 1. The standard InChI is InChI=1S/C25H33F3N6O3/c26-25(27,28)15-29-21(35)14-33-16-34(19-4-2-1-3-5-19)24(23(33)37)8-10-32(11-9-24)22(36)17-6-7-20-18(12-17)13-30-31-20/h1-5,17-18,20,30-31H,6-16H2,(H,29,35). The van der Waals surface area contributed by atoms with Crippen molar-refractivity contribution in [1.82, 2.24) is 26.0 Å². The summed E-state index contributed by atoms with van der Waals surface area (Å²) in [4.78, 5) is 44.4. The summed E-state index contributed by atoms with van der Waals surface area (Å²) in [5, 5.41) is 1.85. The summed E-state index contributed by atoms with van der Waals surface area (Å²) in [7, 11) is 0. The molecule has 4 aliphatic rings. The number of carbonyl (C=O) groups is 3. The Balaban J connectivity index is 1.27. The molecule has 0 aromatic heterocycles. The molecule has 37 heavy (non-hydrogen) atoms. The Labute approximate surface area is 213 Å². The van der Waals surface area contributed by atoms with E-state index in [9.17, 15) is 27.6 Å². The van der Waals surface area contributed by atoms with Crippen LogP contribution in [0.2, 0.25) is 0 Å². The summed E-state index contributed by atoms with van der Waals surface area (Å²) in [6, 6.07) is 9.75. The number of piperidine rings is 1. The second-order valence-electron chi connectivity index (χ2n) is 10.6. The van der Waals surface area contributed by atoms with E-state index in [1.165, 1.54) is 4.90 Å². The van der Waals surface area contributed by atoms with Crippen molar-refractivity contribution in [3.63, 3.8) is 0 Å². The summed E-state index contributed by atoms with van der Waals surface area (Å²) in [5.74, 6) is -0.569. The number of nitrogens with zero attached hydrogens (tertiary/aromatic N) is 3. The van der Waals surface area contributed by atoms with Crippen LogP contribution in [0.1, 0.15) is 32.1 Å². The molecule has 3 heterocycles. The fourth-order valence-electron chi connectivity index (χ4n) is 6.33. The molecule has 4 fully saturated rings. The Kier molecular flexibility index (Phi) is 7.06. The molecule has 1 aromatic carbocycles. The third kappa shape index (κ3) is 5.26. The van der Waals surface area contributed by atoms with Gasteiger partial charge in [-0.3, -0.25) is 25.2 Å². The SMILES string of the molecule is O=C(CN1CN(c2ccccc2)C2(CCN(C(=O)C3CCC4NNCC4C3)CC2)C1=O)NCC(F)(F)F. The van der Waals surface area contributed by atoms with Crippen molar-refractivity contribution in [2.75, 3.05) is 44.3 Å². The molecule has 3 amide bonds. The third-order valence-electron chi connectivity index (χ3n) is 8.29.